The first-order valence-electron chi connectivity index (χ1n) is 7.13. The zero-order chi connectivity index (χ0) is 15.7. The number of rotatable bonds is 4. The zero-order valence-corrected chi connectivity index (χ0v) is 12.5. The lowest BCUT2D eigenvalue weighted by molar-refractivity contribution is -0.119. The molecule has 22 heavy (non-hydrogen) atoms. The number of nitrogens with zero attached hydrogens (tertiary/aromatic N) is 2. The van der Waals surface area contributed by atoms with Crippen LogP contribution in [0.1, 0.15) is 17.9 Å². The van der Waals surface area contributed by atoms with Crippen molar-refractivity contribution in [1.29, 1.82) is 0 Å². The van der Waals surface area contributed by atoms with Gasteiger partial charge in [0, 0.05) is 19.0 Å². The van der Waals surface area contributed by atoms with Crippen LogP contribution in [-0.4, -0.2) is 25.0 Å². The lowest BCUT2D eigenvalue weighted by Gasteiger charge is -2.17. The van der Waals surface area contributed by atoms with E-state index in [9.17, 15) is 9.18 Å². The second-order valence-corrected chi connectivity index (χ2v) is 5.46. The number of hydrogen-bond acceptors (Lipinski definition) is 3. The summed E-state index contributed by atoms with van der Waals surface area (Å²) in [5.74, 6) is 0.453. The molecule has 114 valence electrons. The van der Waals surface area contributed by atoms with E-state index in [2.05, 4.69) is 4.98 Å². The van der Waals surface area contributed by atoms with Gasteiger partial charge in [0.15, 0.2) is 0 Å². The van der Waals surface area contributed by atoms with Crippen molar-refractivity contribution >= 4 is 11.6 Å². The Morgan fingerprint density at radius 2 is 2.00 bits per heavy atom. The normalized spacial score (nSPS) is 19.6. The smallest absolute Gasteiger partial charge is 0.230 e. The van der Waals surface area contributed by atoms with Gasteiger partial charge in [-0.15, -0.1) is 0 Å². The summed E-state index contributed by atoms with van der Waals surface area (Å²) >= 11 is 0. The van der Waals surface area contributed by atoms with Crippen LogP contribution in [-0.2, 0) is 4.79 Å². The first-order chi connectivity index (χ1) is 10.6. The van der Waals surface area contributed by atoms with Gasteiger partial charge in [0.1, 0.15) is 5.82 Å². The van der Waals surface area contributed by atoms with Crippen LogP contribution in [0.4, 0.5) is 10.1 Å². The predicted molar refractivity (Wildman–Crippen MR) is 81.4 cm³/mol. The topological polar surface area (TPSA) is 42.4 Å². The van der Waals surface area contributed by atoms with Crippen molar-refractivity contribution in [3.63, 3.8) is 0 Å². The van der Waals surface area contributed by atoms with Crippen molar-refractivity contribution < 1.29 is 13.9 Å². The summed E-state index contributed by atoms with van der Waals surface area (Å²) in [5.41, 5.74) is 1.75. The van der Waals surface area contributed by atoms with E-state index in [-0.39, 0.29) is 23.6 Å². The maximum Gasteiger partial charge on any atom is 0.230 e. The van der Waals surface area contributed by atoms with E-state index < -0.39 is 0 Å². The third kappa shape index (κ3) is 2.79. The fourth-order valence-electron chi connectivity index (χ4n) is 2.61. The molecule has 0 radical (unpaired) electrons. The molecule has 2 aromatic rings. The van der Waals surface area contributed by atoms with Crippen LogP contribution in [0.3, 0.4) is 0 Å². The summed E-state index contributed by atoms with van der Waals surface area (Å²) in [6.07, 6.45) is 2.42. The SMILES string of the molecule is COc1ccc(N(C)C(=O)[C@H]2C[C@@H]2c2ccc(F)cc2)cn1. The van der Waals surface area contributed by atoms with E-state index >= 15 is 0 Å². The largest absolute Gasteiger partial charge is 0.481 e. The van der Waals surface area contributed by atoms with Crippen LogP contribution in [0.5, 0.6) is 5.88 Å². The van der Waals surface area contributed by atoms with E-state index in [1.54, 1.807) is 49.5 Å². The highest BCUT2D eigenvalue weighted by molar-refractivity contribution is 5.96. The highest BCUT2D eigenvalue weighted by Crippen LogP contribution is 2.48. The quantitative estimate of drug-likeness (QED) is 0.871. The molecule has 0 spiro atoms. The second kappa shape index (κ2) is 5.75. The molecule has 1 amide bonds. The number of ether oxygens (including phenoxy) is 1. The predicted octanol–water partition coefficient (Wildman–Crippen LogP) is 3.00. The number of halogens is 1. The molecule has 1 fully saturated rings. The second-order valence-electron chi connectivity index (χ2n) is 5.46. The zero-order valence-electron chi connectivity index (χ0n) is 12.5. The van der Waals surface area contributed by atoms with Gasteiger partial charge < -0.3 is 9.64 Å². The van der Waals surface area contributed by atoms with Crippen LogP contribution in [0.15, 0.2) is 42.6 Å². The van der Waals surface area contributed by atoms with E-state index in [1.807, 2.05) is 0 Å². The molecule has 0 bridgehead atoms. The number of benzene rings is 1. The third-order valence-electron chi connectivity index (χ3n) is 4.05. The number of aromatic nitrogens is 1. The highest BCUT2D eigenvalue weighted by atomic mass is 19.1. The molecule has 0 aliphatic heterocycles. The van der Waals surface area contributed by atoms with Crippen LogP contribution in [0.2, 0.25) is 0 Å². The van der Waals surface area contributed by atoms with Crippen molar-refractivity contribution in [3.05, 3.63) is 54.0 Å². The molecule has 0 unspecified atom stereocenters. The van der Waals surface area contributed by atoms with E-state index in [1.165, 1.54) is 12.1 Å². The molecule has 1 aliphatic carbocycles. The van der Waals surface area contributed by atoms with Crippen molar-refractivity contribution in [2.24, 2.45) is 5.92 Å². The molecule has 1 aromatic carbocycles. The summed E-state index contributed by atoms with van der Waals surface area (Å²) < 4.78 is 18.0. The van der Waals surface area contributed by atoms with Gasteiger partial charge in [-0.2, -0.15) is 0 Å². The van der Waals surface area contributed by atoms with Crippen molar-refractivity contribution in [2.45, 2.75) is 12.3 Å². The minimum Gasteiger partial charge on any atom is -0.481 e. The molecule has 1 saturated carbocycles. The summed E-state index contributed by atoms with van der Waals surface area (Å²) in [7, 11) is 3.29. The molecule has 3 rings (SSSR count). The molecule has 0 N–H and O–H groups in total. The Labute approximate surface area is 128 Å². The molecular formula is C17H17FN2O2. The maximum atomic E-state index is 12.9. The number of methoxy groups -OCH3 is 1. The maximum absolute atomic E-state index is 12.9. The minimum absolute atomic E-state index is 0.0439. The first kappa shape index (κ1) is 14.5. The van der Waals surface area contributed by atoms with Crippen molar-refractivity contribution in [1.82, 2.24) is 4.98 Å². The molecule has 4 nitrogen and oxygen atoms in total. The van der Waals surface area contributed by atoms with Gasteiger partial charge in [0.25, 0.3) is 0 Å². The summed E-state index contributed by atoms with van der Waals surface area (Å²) in [6.45, 7) is 0. The third-order valence-corrected chi connectivity index (χ3v) is 4.05. The fraction of sp³-hybridized carbons (Fsp3) is 0.294. The van der Waals surface area contributed by atoms with Gasteiger partial charge in [0.05, 0.1) is 19.0 Å². The Bertz CT molecular complexity index is 670. The molecule has 5 heteroatoms. The lowest BCUT2D eigenvalue weighted by atomic mass is 10.1. The van der Waals surface area contributed by atoms with Crippen LogP contribution in [0.25, 0.3) is 0 Å². The van der Waals surface area contributed by atoms with Crippen LogP contribution >= 0.6 is 0 Å². The van der Waals surface area contributed by atoms with Gasteiger partial charge in [-0.1, -0.05) is 12.1 Å². The number of pyridine rings is 1. The number of carbonyl (C=O) groups excluding carboxylic acids is 1. The summed E-state index contributed by atoms with van der Waals surface area (Å²) in [5, 5.41) is 0. The minimum atomic E-state index is -0.256. The molecule has 2 atom stereocenters. The summed E-state index contributed by atoms with van der Waals surface area (Å²) in [4.78, 5) is 18.2. The van der Waals surface area contributed by atoms with Crippen molar-refractivity contribution in [2.75, 3.05) is 19.1 Å². The Morgan fingerprint density at radius 3 is 2.59 bits per heavy atom. The lowest BCUT2D eigenvalue weighted by Crippen LogP contribution is -2.28. The Kier molecular flexibility index (Phi) is 3.79. The Balaban J connectivity index is 1.68. The van der Waals surface area contributed by atoms with Gasteiger partial charge >= 0.3 is 0 Å². The summed E-state index contributed by atoms with van der Waals surface area (Å²) in [6, 6.07) is 9.91. The fourth-order valence-corrected chi connectivity index (χ4v) is 2.61. The van der Waals surface area contributed by atoms with E-state index in [0.717, 1.165) is 17.7 Å². The standard InChI is InChI=1S/C17H17FN2O2/c1-20(13-7-8-16(22-2)19-10-13)17(21)15-9-14(15)11-3-5-12(18)6-4-11/h3-8,10,14-15H,9H2,1-2H3/t14-,15+/m1/s1. The van der Waals surface area contributed by atoms with Crippen LogP contribution < -0.4 is 9.64 Å². The molecule has 1 aliphatic rings. The molecule has 1 aromatic heterocycles. The van der Waals surface area contributed by atoms with Gasteiger partial charge in [-0.25, -0.2) is 9.37 Å². The molecule has 0 saturated heterocycles. The van der Waals surface area contributed by atoms with E-state index in [0.29, 0.717) is 5.88 Å². The average molecular weight is 300 g/mol. The van der Waals surface area contributed by atoms with Gasteiger partial charge in [-0.05, 0) is 36.1 Å². The first-order valence-corrected chi connectivity index (χ1v) is 7.13. The van der Waals surface area contributed by atoms with Gasteiger partial charge in [0.2, 0.25) is 11.8 Å². The molecular weight excluding hydrogens is 283 g/mol. The average Bonchev–Trinajstić information content (AvgIpc) is 3.35. The monoisotopic (exact) mass is 300 g/mol. The van der Waals surface area contributed by atoms with Crippen molar-refractivity contribution in [3.8, 4) is 5.88 Å². The van der Waals surface area contributed by atoms with Gasteiger partial charge in [-0.3, -0.25) is 4.79 Å². The van der Waals surface area contributed by atoms with E-state index in [4.69, 9.17) is 4.74 Å². The molecule has 1 heterocycles. The number of anilines is 1. The Morgan fingerprint density at radius 1 is 1.27 bits per heavy atom. The number of amides is 1. The number of carbonyl (C=O) groups is 1. The highest BCUT2D eigenvalue weighted by Gasteiger charge is 2.45. The Hall–Kier alpha value is -2.43. The number of hydrogen-bond donors (Lipinski definition) is 0. The van der Waals surface area contributed by atoms with Crippen LogP contribution in [0, 0.1) is 11.7 Å².